The van der Waals surface area contributed by atoms with Crippen molar-refractivity contribution in [3.8, 4) is 6.07 Å². The van der Waals surface area contributed by atoms with Crippen LogP contribution < -0.4 is 4.90 Å². The lowest BCUT2D eigenvalue weighted by molar-refractivity contribution is 0.251. The molecular weight excluding hydrogens is 322 g/mol. The van der Waals surface area contributed by atoms with Gasteiger partial charge in [-0.2, -0.15) is 9.78 Å². The summed E-state index contributed by atoms with van der Waals surface area (Å²) >= 11 is 1.66. The Morgan fingerprint density at radius 2 is 2.08 bits per heavy atom. The molecular formula is C16H17N7S. The van der Waals surface area contributed by atoms with Crippen LogP contribution in [-0.2, 0) is 6.54 Å². The van der Waals surface area contributed by atoms with E-state index in [9.17, 15) is 0 Å². The SMILES string of the molecule is Cc1nc2cncc(N3CCN(Cc4cc(C#N)cs4)CC3)n2n1. The Bertz CT molecular complexity index is 899. The van der Waals surface area contributed by atoms with Crippen molar-refractivity contribution >= 4 is 22.8 Å². The van der Waals surface area contributed by atoms with E-state index in [-0.39, 0.29) is 0 Å². The highest BCUT2D eigenvalue weighted by Gasteiger charge is 2.20. The topological polar surface area (TPSA) is 73.4 Å². The molecule has 8 heteroatoms. The molecule has 24 heavy (non-hydrogen) atoms. The van der Waals surface area contributed by atoms with Crippen molar-refractivity contribution in [1.29, 1.82) is 5.26 Å². The van der Waals surface area contributed by atoms with Crippen molar-refractivity contribution in [3.05, 3.63) is 40.1 Å². The normalized spacial score (nSPS) is 15.8. The van der Waals surface area contributed by atoms with E-state index >= 15 is 0 Å². The van der Waals surface area contributed by atoms with Gasteiger partial charge in [-0.25, -0.2) is 4.98 Å². The molecule has 0 bridgehead atoms. The first-order valence-electron chi connectivity index (χ1n) is 7.85. The first kappa shape index (κ1) is 15.1. The summed E-state index contributed by atoms with van der Waals surface area (Å²) in [7, 11) is 0. The van der Waals surface area contributed by atoms with Crippen LogP contribution in [0.2, 0.25) is 0 Å². The molecule has 122 valence electrons. The molecule has 0 N–H and O–H groups in total. The summed E-state index contributed by atoms with van der Waals surface area (Å²) in [4.78, 5) is 14.6. The molecule has 3 aromatic rings. The monoisotopic (exact) mass is 339 g/mol. The number of thiophene rings is 1. The zero-order chi connectivity index (χ0) is 16.5. The molecule has 1 aliphatic rings. The lowest BCUT2D eigenvalue weighted by atomic mass is 10.3. The van der Waals surface area contributed by atoms with Gasteiger partial charge in [0.25, 0.3) is 0 Å². The van der Waals surface area contributed by atoms with Crippen LogP contribution in [0.25, 0.3) is 5.65 Å². The molecule has 1 aliphatic heterocycles. The van der Waals surface area contributed by atoms with Crippen molar-refractivity contribution in [1.82, 2.24) is 24.5 Å². The smallest absolute Gasteiger partial charge is 0.176 e. The largest absolute Gasteiger partial charge is 0.353 e. The fraction of sp³-hybridized carbons (Fsp3) is 0.375. The van der Waals surface area contributed by atoms with Gasteiger partial charge < -0.3 is 4.90 Å². The number of nitriles is 1. The van der Waals surface area contributed by atoms with Crippen molar-refractivity contribution in [2.75, 3.05) is 31.1 Å². The zero-order valence-electron chi connectivity index (χ0n) is 13.4. The molecule has 0 spiro atoms. The summed E-state index contributed by atoms with van der Waals surface area (Å²) in [5, 5.41) is 15.3. The Hall–Kier alpha value is -2.50. The quantitative estimate of drug-likeness (QED) is 0.723. The molecule has 4 rings (SSSR count). The lowest BCUT2D eigenvalue weighted by Crippen LogP contribution is -2.46. The van der Waals surface area contributed by atoms with E-state index in [1.54, 1.807) is 17.5 Å². The second kappa shape index (κ2) is 6.19. The van der Waals surface area contributed by atoms with E-state index in [0.717, 1.165) is 55.6 Å². The molecule has 7 nitrogen and oxygen atoms in total. The highest BCUT2D eigenvalue weighted by atomic mass is 32.1. The van der Waals surface area contributed by atoms with Gasteiger partial charge in [-0.1, -0.05) is 0 Å². The van der Waals surface area contributed by atoms with Crippen LogP contribution >= 0.6 is 11.3 Å². The number of nitrogens with zero attached hydrogens (tertiary/aromatic N) is 7. The number of anilines is 1. The maximum Gasteiger partial charge on any atom is 0.176 e. The maximum atomic E-state index is 8.92. The summed E-state index contributed by atoms with van der Waals surface area (Å²) < 4.78 is 1.87. The summed E-state index contributed by atoms with van der Waals surface area (Å²) in [6, 6.07) is 4.18. The Balaban J connectivity index is 1.44. The van der Waals surface area contributed by atoms with E-state index < -0.39 is 0 Å². The number of hydrogen-bond acceptors (Lipinski definition) is 7. The zero-order valence-corrected chi connectivity index (χ0v) is 14.2. The molecule has 3 aromatic heterocycles. The minimum atomic E-state index is 0.757. The number of piperazine rings is 1. The first-order chi connectivity index (χ1) is 11.7. The van der Waals surface area contributed by atoms with E-state index in [0.29, 0.717) is 0 Å². The summed E-state index contributed by atoms with van der Waals surface area (Å²) in [5.41, 5.74) is 1.54. The number of fused-ring (bicyclic) bond motifs is 1. The van der Waals surface area contributed by atoms with Gasteiger partial charge in [0, 0.05) is 43.0 Å². The third kappa shape index (κ3) is 2.84. The van der Waals surface area contributed by atoms with Crippen LogP contribution in [0.1, 0.15) is 16.3 Å². The van der Waals surface area contributed by atoms with Gasteiger partial charge in [-0.15, -0.1) is 16.4 Å². The Labute approximate surface area is 143 Å². The lowest BCUT2D eigenvalue weighted by Gasteiger charge is -2.35. The number of hydrogen-bond donors (Lipinski definition) is 0. The van der Waals surface area contributed by atoms with Gasteiger partial charge in [-0.3, -0.25) is 9.88 Å². The standard InChI is InChI=1S/C16H17N7S/c1-12-19-15-8-18-9-16(23(15)20-12)22-4-2-21(3-5-22)10-14-6-13(7-17)11-24-14/h6,8-9,11H,2-5,10H2,1H3. The molecule has 1 fully saturated rings. The van der Waals surface area contributed by atoms with Crippen molar-refractivity contribution in [2.45, 2.75) is 13.5 Å². The fourth-order valence-electron chi connectivity index (χ4n) is 3.00. The number of aromatic nitrogens is 4. The van der Waals surface area contributed by atoms with Gasteiger partial charge in [0.05, 0.1) is 18.0 Å². The van der Waals surface area contributed by atoms with Gasteiger partial charge in [-0.05, 0) is 13.0 Å². The van der Waals surface area contributed by atoms with E-state index in [1.807, 2.05) is 29.1 Å². The van der Waals surface area contributed by atoms with Crippen molar-refractivity contribution < 1.29 is 0 Å². The van der Waals surface area contributed by atoms with Crippen LogP contribution in [-0.4, -0.2) is 50.7 Å². The van der Waals surface area contributed by atoms with Crippen molar-refractivity contribution in [3.63, 3.8) is 0 Å². The average molecular weight is 339 g/mol. The molecule has 0 radical (unpaired) electrons. The van der Waals surface area contributed by atoms with E-state index in [1.165, 1.54) is 4.88 Å². The average Bonchev–Trinajstić information content (AvgIpc) is 3.20. The van der Waals surface area contributed by atoms with Crippen LogP contribution in [0.4, 0.5) is 5.82 Å². The Morgan fingerprint density at radius 3 is 2.83 bits per heavy atom. The van der Waals surface area contributed by atoms with Crippen LogP contribution in [0.3, 0.4) is 0 Å². The van der Waals surface area contributed by atoms with Gasteiger partial charge >= 0.3 is 0 Å². The van der Waals surface area contributed by atoms with Gasteiger partial charge in [0.1, 0.15) is 11.9 Å². The van der Waals surface area contributed by atoms with E-state index in [4.69, 9.17) is 5.26 Å². The maximum absolute atomic E-state index is 8.92. The molecule has 0 saturated carbocycles. The minimum absolute atomic E-state index is 0.757. The Kier molecular flexibility index (Phi) is 3.88. The predicted molar refractivity (Wildman–Crippen MR) is 92.0 cm³/mol. The molecule has 4 heterocycles. The minimum Gasteiger partial charge on any atom is -0.353 e. The molecule has 0 atom stereocenters. The molecule has 0 amide bonds. The van der Waals surface area contributed by atoms with Crippen LogP contribution in [0.5, 0.6) is 0 Å². The Morgan fingerprint density at radius 1 is 1.25 bits per heavy atom. The van der Waals surface area contributed by atoms with Crippen LogP contribution in [0, 0.1) is 18.3 Å². The van der Waals surface area contributed by atoms with Gasteiger partial charge in [0.2, 0.25) is 0 Å². The second-order valence-electron chi connectivity index (χ2n) is 5.87. The highest BCUT2D eigenvalue weighted by Crippen LogP contribution is 2.20. The third-order valence-corrected chi connectivity index (χ3v) is 5.12. The summed E-state index contributed by atoms with van der Waals surface area (Å²) in [5.74, 6) is 1.75. The first-order valence-corrected chi connectivity index (χ1v) is 8.73. The summed E-state index contributed by atoms with van der Waals surface area (Å²) in [6.45, 7) is 6.61. The van der Waals surface area contributed by atoms with E-state index in [2.05, 4.69) is 30.9 Å². The molecule has 1 saturated heterocycles. The third-order valence-electron chi connectivity index (χ3n) is 4.19. The second-order valence-corrected chi connectivity index (χ2v) is 6.87. The molecule has 0 unspecified atom stereocenters. The summed E-state index contributed by atoms with van der Waals surface area (Å²) in [6.07, 6.45) is 3.60. The predicted octanol–water partition coefficient (Wildman–Crippen LogP) is 1.69. The fourth-order valence-corrected chi connectivity index (χ4v) is 3.85. The van der Waals surface area contributed by atoms with Crippen molar-refractivity contribution in [2.24, 2.45) is 0 Å². The molecule has 0 aliphatic carbocycles. The highest BCUT2D eigenvalue weighted by molar-refractivity contribution is 7.10. The van der Waals surface area contributed by atoms with Gasteiger partial charge in [0.15, 0.2) is 11.5 Å². The number of aryl methyl sites for hydroxylation is 1. The molecule has 0 aromatic carbocycles. The van der Waals surface area contributed by atoms with Crippen LogP contribution in [0.15, 0.2) is 23.8 Å². The number of rotatable bonds is 3.